The Labute approximate surface area is 147 Å². The van der Waals surface area contributed by atoms with Gasteiger partial charge in [-0.1, -0.05) is 13.8 Å². The molecule has 0 radical (unpaired) electrons. The second kappa shape index (κ2) is 9.50. The zero-order valence-electron chi connectivity index (χ0n) is 15.7. The Kier molecular flexibility index (Phi) is 7.35. The molecule has 0 amide bonds. The van der Waals surface area contributed by atoms with Crippen LogP contribution < -0.4 is 15.5 Å². The highest BCUT2D eigenvalue weighted by Gasteiger charge is 2.13. The number of hydrogen-bond acceptors (Lipinski definition) is 3. The minimum atomic E-state index is 0.427. The lowest BCUT2D eigenvalue weighted by molar-refractivity contribution is 0.489. The Bertz CT molecular complexity index is 520. The van der Waals surface area contributed by atoms with Crippen molar-refractivity contribution in [1.29, 1.82) is 0 Å². The molecule has 0 saturated carbocycles. The highest BCUT2D eigenvalue weighted by Crippen LogP contribution is 2.18. The van der Waals surface area contributed by atoms with Crippen LogP contribution >= 0.6 is 0 Å². The third-order valence-electron chi connectivity index (χ3n) is 4.48. The van der Waals surface area contributed by atoms with Crippen LogP contribution in [0.15, 0.2) is 23.3 Å². The van der Waals surface area contributed by atoms with E-state index in [4.69, 9.17) is 0 Å². The van der Waals surface area contributed by atoms with Crippen molar-refractivity contribution in [2.45, 2.75) is 59.0 Å². The molecule has 1 fully saturated rings. The zero-order chi connectivity index (χ0) is 17.4. The summed E-state index contributed by atoms with van der Waals surface area (Å²) in [5.41, 5.74) is 1.24. The Morgan fingerprint density at radius 1 is 1.25 bits per heavy atom. The van der Waals surface area contributed by atoms with Crippen LogP contribution in [0.4, 0.5) is 5.82 Å². The molecular weight excluding hydrogens is 298 g/mol. The van der Waals surface area contributed by atoms with Crippen LogP contribution in [-0.2, 0) is 6.54 Å². The highest BCUT2D eigenvalue weighted by atomic mass is 15.2. The molecule has 0 aliphatic carbocycles. The normalized spacial score (nSPS) is 16.5. The van der Waals surface area contributed by atoms with E-state index in [0.717, 1.165) is 43.8 Å². The van der Waals surface area contributed by atoms with Gasteiger partial charge in [0.15, 0.2) is 5.96 Å². The van der Waals surface area contributed by atoms with Gasteiger partial charge in [0.25, 0.3) is 0 Å². The maximum atomic E-state index is 4.51. The van der Waals surface area contributed by atoms with Crippen LogP contribution in [-0.4, -0.2) is 37.1 Å². The van der Waals surface area contributed by atoms with E-state index in [1.165, 1.54) is 24.8 Å². The Balaban J connectivity index is 1.83. The first kappa shape index (κ1) is 18.6. The van der Waals surface area contributed by atoms with E-state index in [9.17, 15) is 0 Å². The van der Waals surface area contributed by atoms with Crippen LogP contribution in [0.2, 0.25) is 0 Å². The van der Waals surface area contributed by atoms with Gasteiger partial charge < -0.3 is 15.5 Å². The van der Waals surface area contributed by atoms with Crippen molar-refractivity contribution in [3.8, 4) is 0 Å². The monoisotopic (exact) mass is 331 g/mol. The van der Waals surface area contributed by atoms with Crippen LogP contribution in [0.1, 0.15) is 52.0 Å². The molecule has 1 aliphatic heterocycles. The molecule has 2 N–H and O–H groups in total. The predicted octanol–water partition coefficient (Wildman–Crippen LogP) is 3.17. The number of aromatic nitrogens is 1. The SMILES string of the molecule is CN=C(NCc1ccnc(N2CCCC2)c1)NC(C)CCC(C)C. The maximum absolute atomic E-state index is 4.51. The fourth-order valence-electron chi connectivity index (χ4n) is 2.96. The Morgan fingerprint density at radius 3 is 2.67 bits per heavy atom. The molecule has 0 spiro atoms. The van der Waals surface area contributed by atoms with Gasteiger partial charge in [-0.05, 0) is 56.2 Å². The maximum Gasteiger partial charge on any atom is 0.191 e. The number of aliphatic imine (C=N–C) groups is 1. The molecule has 1 atom stereocenters. The fraction of sp³-hybridized carbons (Fsp3) is 0.684. The summed E-state index contributed by atoms with van der Waals surface area (Å²) in [4.78, 5) is 11.2. The van der Waals surface area contributed by atoms with Crippen molar-refractivity contribution in [2.24, 2.45) is 10.9 Å². The third kappa shape index (κ3) is 6.02. The molecule has 1 aromatic rings. The molecular formula is C19H33N5. The largest absolute Gasteiger partial charge is 0.357 e. The number of guanidine groups is 1. The minimum absolute atomic E-state index is 0.427. The van der Waals surface area contributed by atoms with E-state index in [1.54, 1.807) is 0 Å². The first-order chi connectivity index (χ1) is 11.6. The molecule has 1 saturated heterocycles. The van der Waals surface area contributed by atoms with Crippen molar-refractivity contribution in [1.82, 2.24) is 15.6 Å². The molecule has 0 aromatic carbocycles. The van der Waals surface area contributed by atoms with Gasteiger partial charge in [0.05, 0.1) is 0 Å². The Hall–Kier alpha value is -1.78. The molecule has 5 nitrogen and oxygen atoms in total. The lowest BCUT2D eigenvalue weighted by Gasteiger charge is -2.19. The van der Waals surface area contributed by atoms with E-state index in [2.05, 4.69) is 58.4 Å². The topological polar surface area (TPSA) is 52.6 Å². The van der Waals surface area contributed by atoms with Crippen LogP contribution in [0.25, 0.3) is 0 Å². The third-order valence-corrected chi connectivity index (χ3v) is 4.48. The number of nitrogens with zero attached hydrogens (tertiary/aromatic N) is 3. The summed E-state index contributed by atoms with van der Waals surface area (Å²) in [6.45, 7) is 9.76. The molecule has 1 aromatic heterocycles. The standard InChI is InChI=1S/C19H33N5/c1-15(2)7-8-16(3)23-19(20-4)22-14-17-9-10-21-18(13-17)24-11-5-6-12-24/h9-10,13,15-16H,5-8,11-12,14H2,1-4H3,(H2,20,22,23). The summed E-state index contributed by atoms with van der Waals surface area (Å²) in [5, 5.41) is 6.89. The fourth-order valence-corrected chi connectivity index (χ4v) is 2.96. The first-order valence-electron chi connectivity index (χ1n) is 9.25. The minimum Gasteiger partial charge on any atom is -0.357 e. The molecule has 5 heteroatoms. The van der Waals surface area contributed by atoms with E-state index in [-0.39, 0.29) is 0 Å². The molecule has 1 aliphatic rings. The Morgan fingerprint density at radius 2 is 2.00 bits per heavy atom. The van der Waals surface area contributed by atoms with E-state index in [0.29, 0.717) is 6.04 Å². The molecule has 1 unspecified atom stereocenters. The van der Waals surface area contributed by atoms with Crippen molar-refractivity contribution in [2.75, 3.05) is 25.0 Å². The molecule has 0 bridgehead atoms. The van der Waals surface area contributed by atoms with Gasteiger partial charge in [0, 0.05) is 38.9 Å². The van der Waals surface area contributed by atoms with Crippen LogP contribution in [0, 0.1) is 5.92 Å². The summed E-state index contributed by atoms with van der Waals surface area (Å²) < 4.78 is 0. The van der Waals surface area contributed by atoms with E-state index in [1.807, 2.05) is 13.2 Å². The highest BCUT2D eigenvalue weighted by molar-refractivity contribution is 5.79. The quantitative estimate of drug-likeness (QED) is 0.595. The number of rotatable bonds is 7. The second-order valence-corrected chi connectivity index (χ2v) is 7.16. The first-order valence-corrected chi connectivity index (χ1v) is 9.25. The number of anilines is 1. The lowest BCUT2D eigenvalue weighted by atomic mass is 10.0. The molecule has 2 rings (SSSR count). The van der Waals surface area contributed by atoms with Gasteiger partial charge >= 0.3 is 0 Å². The van der Waals surface area contributed by atoms with Gasteiger partial charge in [0.2, 0.25) is 0 Å². The average molecular weight is 332 g/mol. The van der Waals surface area contributed by atoms with Crippen molar-refractivity contribution >= 4 is 11.8 Å². The predicted molar refractivity (Wildman–Crippen MR) is 103 cm³/mol. The summed E-state index contributed by atoms with van der Waals surface area (Å²) in [7, 11) is 1.83. The molecule has 134 valence electrons. The lowest BCUT2D eigenvalue weighted by Crippen LogP contribution is -2.42. The van der Waals surface area contributed by atoms with Gasteiger partial charge in [-0.2, -0.15) is 0 Å². The summed E-state index contributed by atoms with van der Waals surface area (Å²) >= 11 is 0. The van der Waals surface area contributed by atoms with Gasteiger partial charge in [0.1, 0.15) is 5.82 Å². The van der Waals surface area contributed by atoms with E-state index >= 15 is 0 Å². The summed E-state index contributed by atoms with van der Waals surface area (Å²) in [6, 6.07) is 4.69. The summed E-state index contributed by atoms with van der Waals surface area (Å²) in [5.74, 6) is 2.70. The number of pyridine rings is 1. The summed E-state index contributed by atoms with van der Waals surface area (Å²) in [6.07, 6.45) is 6.84. The van der Waals surface area contributed by atoms with Crippen molar-refractivity contribution in [3.05, 3.63) is 23.9 Å². The van der Waals surface area contributed by atoms with Gasteiger partial charge in [-0.3, -0.25) is 4.99 Å². The van der Waals surface area contributed by atoms with Gasteiger partial charge in [-0.15, -0.1) is 0 Å². The smallest absolute Gasteiger partial charge is 0.191 e. The molecule has 24 heavy (non-hydrogen) atoms. The molecule has 2 heterocycles. The van der Waals surface area contributed by atoms with Crippen molar-refractivity contribution < 1.29 is 0 Å². The van der Waals surface area contributed by atoms with Gasteiger partial charge in [-0.25, -0.2) is 4.98 Å². The van der Waals surface area contributed by atoms with Crippen molar-refractivity contribution in [3.63, 3.8) is 0 Å². The van der Waals surface area contributed by atoms with E-state index < -0.39 is 0 Å². The van der Waals surface area contributed by atoms with Crippen LogP contribution in [0.3, 0.4) is 0 Å². The average Bonchev–Trinajstić information content (AvgIpc) is 3.11. The number of hydrogen-bond donors (Lipinski definition) is 2. The number of nitrogens with one attached hydrogen (secondary N) is 2. The second-order valence-electron chi connectivity index (χ2n) is 7.16. The van der Waals surface area contributed by atoms with Crippen LogP contribution in [0.5, 0.6) is 0 Å². The zero-order valence-corrected chi connectivity index (χ0v) is 15.7.